The van der Waals surface area contributed by atoms with E-state index in [0.717, 1.165) is 12.1 Å². The van der Waals surface area contributed by atoms with Gasteiger partial charge in [0.25, 0.3) is 0 Å². The van der Waals surface area contributed by atoms with Gasteiger partial charge in [0.05, 0.1) is 22.7 Å². The Bertz CT molecular complexity index is 1270. The molecule has 8 nitrogen and oxygen atoms in total. The van der Waals surface area contributed by atoms with Crippen LogP contribution in [0.3, 0.4) is 0 Å². The van der Waals surface area contributed by atoms with Crippen LogP contribution in [-0.4, -0.2) is 45.6 Å². The van der Waals surface area contributed by atoms with Crippen LogP contribution in [0.4, 0.5) is 24.7 Å². The van der Waals surface area contributed by atoms with Gasteiger partial charge < -0.3 is 15.2 Å². The fourth-order valence-corrected chi connectivity index (χ4v) is 3.79. The number of carbonyl (C=O) groups excluding carboxylic acids is 1. The molecule has 0 saturated heterocycles. The topological polar surface area (TPSA) is 110 Å². The Morgan fingerprint density at radius 1 is 1.24 bits per heavy atom. The van der Waals surface area contributed by atoms with Crippen molar-refractivity contribution in [2.75, 3.05) is 19.8 Å². The van der Waals surface area contributed by atoms with E-state index in [9.17, 15) is 18.0 Å². The summed E-state index contributed by atoms with van der Waals surface area (Å²) in [4.78, 5) is 27.4. The summed E-state index contributed by atoms with van der Waals surface area (Å²) in [5.41, 5.74) is 8.06. The molecule has 0 bridgehead atoms. The molecule has 1 aliphatic rings. The second kappa shape index (κ2) is 8.98. The average molecular weight is 472 g/mol. The number of halogens is 3. The van der Waals surface area contributed by atoms with Gasteiger partial charge >= 0.3 is 6.18 Å². The molecular formula is C23H23F3N6O2. The Morgan fingerprint density at radius 3 is 2.71 bits per heavy atom. The first kappa shape index (κ1) is 23.6. The van der Waals surface area contributed by atoms with Crippen molar-refractivity contribution in [3.8, 4) is 0 Å². The first-order chi connectivity index (χ1) is 16.0. The molecule has 1 atom stereocenters. The van der Waals surface area contributed by atoms with E-state index in [2.05, 4.69) is 20.1 Å². The largest absolute Gasteiger partial charge is 0.416 e. The molecule has 0 saturated carbocycles. The summed E-state index contributed by atoms with van der Waals surface area (Å²) in [5, 5.41) is 4.06. The van der Waals surface area contributed by atoms with Gasteiger partial charge in [-0.05, 0) is 37.9 Å². The highest BCUT2D eigenvalue weighted by atomic mass is 19.4. The quantitative estimate of drug-likeness (QED) is 0.514. The molecule has 34 heavy (non-hydrogen) atoms. The first-order valence-corrected chi connectivity index (χ1v) is 10.5. The zero-order chi connectivity index (χ0) is 24.6. The number of rotatable bonds is 7. The summed E-state index contributed by atoms with van der Waals surface area (Å²) in [6.07, 6.45) is -2.83. The van der Waals surface area contributed by atoms with Gasteiger partial charge in [0.15, 0.2) is 11.5 Å². The molecule has 2 N–H and O–H groups in total. The van der Waals surface area contributed by atoms with Gasteiger partial charge in [0.2, 0.25) is 0 Å². The zero-order valence-corrected chi connectivity index (χ0v) is 18.8. The number of aromatic nitrogens is 3. The molecular weight excluding hydrogens is 449 g/mol. The SMILES string of the molecule is C[C@@H](CC(=O)c1ncnc(N)c1CN(C)C)c1cc(C2=Nc3ccc(C(F)(F)F)cc3C2)on1. The van der Waals surface area contributed by atoms with Gasteiger partial charge in [0, 0.05) is 36.9 Å². The van der Waals surface area contributed by atoms with Crippen LogP contribution in [0.25, 0.3) is 0 Å². The number of hydrogen-bond donors (Lipinski definition) is 1. The van der Waals surface area contributed by atoms with E-state index in [-0.39, 0.29) is 36.1 Å². The summed E-state index contributed by atoms with van der Waals surface area (Å²) in [6.45, 7) is 2.25. The Kier molecular flexibility index (Phi) is 6.22. The van der Waals surface area contributed by atoms with Gasteiger partial charge in [0.1, 0.15) is 17.8 Å². The minimum absolute atomic E-state index is 0.116. The molecule has 0 radical (unpaired) electrons. The fraction of sp³-hybridized carbons (Fsp3) is 0.348. The van der Waals surface area contributed by atoms with Crippen molar-refractivity contribution >= 4 is 23.0 Å². The van der Waals surface area contributed by atoms with Crippen molar-refractivity contribution in [1.29, 1.82) is 0 Å². The Morgan fingerprint density at radius 2 is 2.00 bits per heavy atom. The predicted molar refractivity (Wildman–Crippen MR) is 119 cm³/mol. The number of anilines is 1. The van der Waals surface area contributed by atoms with E-state index in [0.29, 0.717) is 40.5 Å². The number of hydrogen-bond acceptors (Lipinski definition) is 8. The van der Waals surface area contributed by atoms with Crippen molar-refractivity contribution in [1.82, 2.24) is 20.0 Å². The number of Topliss-reactive ketones (excluding diaryl/α,β-unsaturated/α-hetero) is 1. The summed E-state index contributed by atoms with van der Waals surface area (Å²) in [6, 6.07) is 5.13. The lowest BCUT2D eigenvalue weighted by Crippen LogP contribution is -2.19. The van der Waals surface area contributed by atoms with Crippen LogP contribution in [0.15, 0.2) is 40.1 Å². The van der Waals surface area contributed by atoms with Crippen LogP contribution in [0.1, 0.15) is 57.9 Å². The van der Waals surface area contributed by atoms with Gasteiger partial charge in [-0.25, -0.2) is 15.0 Å². The van der Waals surface area contributed by atoms with Crippen LogP contribution in [0.2, 0.25) is 0 Å². The van der Waals surface area contributed by atoms with E-state index < -0.39 is 11.7 Å². The highest BCUT2D eigenvalue weighted by Gasteiger charge is 2.32. The molecule has 0 amide bonds. The third-order valence-corrected chi connectivity index (χ3v) is 5.55. The summed E-state index contributed by atoms with van der Waals surface area (Å²) < 4.78 is 44.4. The van der Waals surface area contributed by atoms with Crippen LogP contribution in [0, 0.1) is 0 Å². The minimum atomic E-state index is -4.42. The molecule has 0 unspecified atom stereocenters. The maximum absolute atomic E-state index is 13.0. The van der Waals surface area contributed by atoms with Gasteiger partial charge in [-0.2, -0.15) is 13.2 Å². The number of nitrogens with two attached hydrogens (primary N) is 1. The number of fused-ring (bicyclic) bond motifs is 1. The number of carbonyl (C=O) groups is 1. The summed E-state index contributed by atoms with van der Waals surface area (Å²) in [5.74, 6) is 0.123. The molecule has 2 aromatic heterocycles. The molecule has 3 heterocycles. The maximum atomic E-state index is 13.0. The number of ketones is 1. The lowest BCUT2D eigenvalue weighted by atomic mass is 9.97. The monoisotopic (exact) mass is 472 g/mol. The number of aliphatic imine (C=N–C) groups is 1. The van der Waals surface area contributed by atoms with Crippen LogP contribution >= 0.6 is 0 Å². The Hall–Kier alpha value is -3.60. The van der Waals surface area contributed by atoms with Crippen molar-refractivity contribution in [3.63, 3.8) is 0 Å². The zero-order valence-electron chi connectivity index (χ0n) is 18.8. The van der Waals surface area contributed by atoms with Gasteiger partial charge in [-0.1, -0.05) is 12.1 Å². The van der Waals surface area contributed by atoms with Crippen molar-refractivity contribution in [3.05, 3.63) is 64.4 Å². The number of benzene rings is 1. The molecule has 3 aromatic rings. The maximum Gasteiger partial charge on any atom is 0.416 e. The fourth-order valence-electron chi connectivity index (χ4n) is 3.79. The highest BCUT2D eigenvalue weighted by Crippen LogP contribution is 2.36. The van der Waals surface area contributed by atoms with Gasteiger partial charge in [-0.15, -0.1) is 0 Å². The smallest absolute Gasteiger partial charge is 0.383 e. The number of nitrogen functional groups attached to an aromatic ring is 1. The molecule has 0 fully saturated rings. The van der Waals surface area contributed by atoms with Crippen molar-refractivity contribution < 1.29 is 22.5 Å². The number of alkyl halides is 3. The minimum Gasteiger partial charge on any atom is -0.383 e. The molecule has 178 valence electrons. The lowest BCUT2D eigenvalue weighted by molar-refractivity contribution is -0.137. The van der Waals surface area contributed by atoms with Crippen molar-refractivity contribution in [2.45, 2.75) is 38.4 Å². The third-order valence-electron chi connectivity index (χ3n) is 5.55. The Labute approximate surface area is 193 Å². The average Bonchev–Trinajstić information content (AvgIpc) is 3.40. The normalized spacial score (nSPS) is 14.3. The molecule has 1 aliphatic heterocycles. The number of nitrogens with zero attached hydrogens (tertiary/aromatic N) is 5. The van der Waals surface area contributed by atoms with E-state index >= 15 is 0 Å². The summed E-state index contributed by atoms with van der Waals surface area (Å²) in [7, 11) is 3.71. The second-order valence-electron chi connectivity index (χ2n) is 8.54. The standard InChI is InChI=1S/C23H23F3N6O2/c1-12(6-19(33)21-15(10-32(2)3)22(27)29-11-28-21)17-9-20(34-31-17)18-8-13-7-14(23(24,25)26)4-5-16(13)30-18/h4-5,7,9,11-12H,6,8,10H2,1-3H3,(H2,27,28,29)/t12-/m0/s1. The van der Waals surface area contributed by atoms with E-state index in [4.69, 9.17) is 10.3 Å². The molecule has 4 rings (SSSR count). The molecule has 0 spiro atoms. The summed E-state index contributed by atoms with van der Waals surface area (Å²) >= 11 is 0. The first-order valence-electron chi connectivity index (χ1n) is 10.5. The lowest BCUT2D eigenvalue weighted by Gasteiger charge is -2.15. The van der Waals surface area contributed by atoms with Crippen molar-refractivity contribution in [2.24, 2.45) is 4.99 Å². The van der Waals surface area contributed by atoms with E-state index in [1.807, 2.05) is 25.9 Å². The third kappa shape index (κ3) is 4.84. The highest BCUT2D eigenvalue weighted by molar-refractivity contribution is 6.04. The molecule has 0 aliphatic carbocycles. The molecule has 1 aromatic carbocycles. The van der Waals surface area contributed by atoms with E-state index in [1.165, 1.54) is 12.4 Å². The van der Waals surface area contributed by atoms with Crippen LogP contribution in [0.5, 0.6) is 0 Å². The predicted octanol–water partition coefficient (Wildman–Crippen LogP) is 4.18. The Balaban J connectivity index is 1.48. The van der Waals surface area contributed by atoms with Gasteiger partial charge in [-0.3, -0.25) is 4.79 Å². The van der Waals surface area contributed by atoms with Crippen LogP contribution < -0.4 is 5.73 Å². The molecule has 11 heteroatoms. The second-order valence-corrected chi connectivity index (χ2v) is 8.54. The van der Waals surface area contributed by atoms with E-state index in [1.54, 1.807) is 6.07 Å². The van der Waals surface area contributed by atoms with Crippen LogP contribution in [-0.2, 0) is 19.1 Å².